The van der Waals surface area contributed by atoms with Crippen LogP contribution in [0.2, 0.25) is 10.0 Å². The molecule has 1 aliphatic heterocycles. The fourth-order valence-electron chi connectivity index (χ4n) is 5.04. The largest absolute Gasteiger partial charge is 0.481 e. The molecule has 174 valence electrons. The van der Waals surface area contributed by atoms with Crippen LogP contribution >= 0.6 is 23.2 Å². The van der Waals surface area contributed by atoms with E-state index in [9.17, 15) is 9.50 Å². The number of nitrogens with zero attached hydrogens (tertiary/aromatic N) is 3. The monoisotopic (exact) mass is 489 g/mol. The normalized spacial score (nSPS) is 22.7. The van der Waals surface area contributed by atoms with Gasteiger partial charge in [0.15, 0.2) is 11.6 Å². The summed E-state index contributed by atoms with van der Waals surface area (Å²) in [6.45, 7) is 5.29. The number of rotatable bonds is 5. The SMILES string of the molecule is CCc1nc(C)cn1-c1ccc(F)c(O[C@H]2c3cc(Cl)cc(Cl)c3C[C@@H]2N2CC[C@@H](O)C2)c1. The summed E-state index contributed by atoms with van der Waals surface area (Å²) in [6.07, 6.45) is 3.23. The van der Waals surface area contributed by atoms with Crippen LogP contribution in [0.5, 0.6) is 5.75 Å². The van der Waals surface area contributed by atoms with Crippen molar-refractivity contribution in [2.45, 2.75) is 51.4 Å². The van der Waals surface area contributed by atoms with Gasteiger partial charge in [0.2, 0.25) is 0 Å². The summed E-state index contributed by atoms with van der Waals surface area (Å²) in [5.74, 6) is 0.633. The van der Waals surface area contributed by atoms with E-state index < -0.39 is 11.9 Å². The zero-order valence-corrected chi connectivity index (χ0v) is 20.1. The summed E-state index contributed by atoms with van der Waals surface area (Å²) in [7, 11) is 0. The Labute approximate surface area is 202 Å². The van der Waals surface area contributed by atoms with Crippen LogP contribution in [-0.2, 0) is 12.8 Å². The van der Waals surface area contributed by atoms with Gasteiger partial charge in [-0.1, -0.05) is 30.1 Å². The molecular formula is C25H26Cl2FN3O2. The molecule has 0 radical (unpaired) electrons. The molecule has 2 heterocycles. The van der Waals surface area contributed by atoms with Gasteiger partial charge in [0.1, 0.15) is 11.9 Å². The third-order valence-electron chi connectivity index (χ3n) is 6.59. The van der Waals surface area contributed by atoms with E-state index in [1.807, 2.05) is 30.7 Å². The van der Waals surface area contributed by atoms with Crippen LogP contribution in [0.3, 0.4) is 0 Å². The van der Waals surface area contributed by atoms with Gasteiger partial charge in [-0.2, -0.15) is 0 Å². The quantitative estimate of drug-likeness (QED) is 0.528. The molecular weight excluding hydrogens is 464 g/mol. The van der Waals surface area contributed by atoms with Crippen LogP contribution in [0.1, 0.15) is 42.1 Å². The number of hydrogen-bond acceptors (Lipinski definition) is 4. The molecule has 2 aliphatic rings. The Kier molecular flexibility index (Phi) is 6.12. The maximum Gasteiger partial charge on any atom is 0.165 e. The van der Waals surface area contributed by atoms with Crippen molar-refractivity contribution >= 4 is 23.2 Å². The van der Waals surface area contributed by atoms with Gasteiger partial charge in [0, 0.05) is 47.4 Å². The molecule has 3 aromatic rings. The second kappa shape index (κ2) is 8.91. The summed E-state index contributed by atoms with van der Waals surface area (Å²) in [5, 5.41) is 11.2. The smallest absolute Gasteiger partial charge is 0.165 e. The molecule has 1 N–H and O–H groups in total. The highest BCUT2D eigenvalue weighted by molar-refractivity contribution is 6.35. The molecule has 0 bridgehead atoms. The molecule has 3 atom stereocenters. The van der Waals surface area contributed by atoms with E-state index >= 15 is 0 Å². The van der Waals surface area contributed by atoms with Crippen LogP contribution in [-0.4, -0.2) is 44.8 Å². The van der Waals surface area contributed by atoms with Crippen molar-refractivity contribution in [1.82, 2.24) is 14.5 Å². The zero-order chi connectivity index (χ0) is 23.3. The van der Waals surface area contributed by atoms with Crippen LogP contribution in [0.15, 0.2) is 36.5 Å². The number of halogens is 3. The van der Waals surface area contributed by atoms with E-state index in [4.69, 9.17) is 27.9 Å². The molecule has 0 spiro atoms. The van der Waals surface area contributed by atoms with Gasteiger partial charge in [0.05, 0.1) is 23.5 Å². The number of β-amino-alcohol motifs (C(OH)–C–C–N with tert-alkyl or cyclic N) is 1. The third-order valence-corrected chi connectivity index (χ3v) is 7.15. The Morgan fingerprint density at radius 1 is 1.24 bits per heavy atom. The molecule has 8 heteroatoms. The third kappa shape index (κ3) is 4.26. The number of aliphatic hydroxyl groups is 1. The number of ether oxygens (including phenoxy) is 1. The van der Waals surface area contributed by atoms with E-state index in [0.717, 1.165) is 41.3 Å². The van der Waals surface area contributed by atoms with Crippen molar-refractivity contribution in [3.05, 3.63) is 75.0 Å². The Hall–Kier alpha value is -2.12. The average molecular weight is 490 g/mol. The van der Waals surface area contributed by atoms with Crippen molar-refractivity contribution in [1.29, 1.82) is 0 Å². The zero-order valence-electron chi connectivity index (χ0n) is 18.6. The highest BCUT2D eigenvalue weighted by atomic mass is 35.5. The van der Waals surface area contributed by atoms with Gasteiger partial charge in [-0.25, -0.2) is 9.37 Å². The first-order valence-corrected chi connectivity index (χ1v) is 12.0. The van der Waals surface area contributed by atoms with Crippen molar-refractivity contribution < 1.29 is 14.2 Å². The standard InChI is InChI=1S/C25H26Cl2FN3O2/c1-3-24-29-14(2)12-31(24)16-4-5-21(28)23(10-16)33-25-19-8-15(26)9-20(27)18(19)11-22(25)30-7-6-17(32)13-30/h4-5,8-10,12,17,22,25,32H,3,6-7,11,13H2,1-2H3/t17-,22+,25+/m1/s1. The van der Waals surface area contributed by atoms with Crippen molar-refractivity contribution in [3.8, 4) is 11.4 Å². The number of aryl methyl sites for hydroxylation is 2. The van der Waals surface area contributed by atoms with Gasteiger partial charge in [-0.15, -0.1) is 0 Å². The van der Waals surface area contributed by atoms with E-state index in [1.165, 1.54) is 6.07 Å². The Morgan fingerprint density at radius 2 is 2.06 bits per heavy atom. The average Bonchev–Trinajstić information content (AvgIpc) is 3.47. The van der Waals surface area contributed by atoms with Crippen LogP contribution in [0.4, 0.5) is 4.39 Å². The summed E-state index contributed by atoms with van der Waals surface area (Å²) in [4.78, 5) is 6.75. The molecule has 0 amide bonds. The number of aromatic nitrogens is 2. The van der Waals surface area contributed by atoms with Gasteiger partial charge >= 0.3 is 0 Å². The molecule has 0 saturated carbocycles. The highest BCUT2D eigenvalue weighted by Gasteiger charge is 2.42. The molecule has 1 saturated heterocycles. The molecule has 5 nitrogen and oxygen atoms in total. The lowest BCUT2D eigenvalue weighted by Gasteiger charge is -2.30. The van der Waals surface area contributed by atoms with Gasteiger partial charge < -0.3 is 14.4 Å². The summed E-state index contributed by atoms with van der Waals surface area (Å²) in [6, 6.07) is 8.39. The fourth-order valence-corrected chi connectivity index (χ4v) is 5.62. The number of hydrogen-bond donors (Lipinski definition) is 1. The Morgan fingerprint density at radius 3 is 2.79 bits per heavy atom. The fraction of sp³-hybridized carbons (Fsp3) is 0.400. The van der Waals surface area contributed by atoms with Crippen molar-refractivity contribution in [2.75, 3.05) is 13.1 Å². The molecule has 33 heavy (non-hydrogen) atoms. The predicted molar refractivity (Wildman–Crippen MR) is 127 cm³/mol. The number of benzene rings is 2. The first-order valence-electron chi connectivity index (χ1n) is 11.3. The highest BCUT2D eigenvalue weighted by Crippen LogP contribution is 2.44. The second-order valence-corrected chi connectivity index (χ2v) is 9.68. The lowest BCUT2D eigenvalue weighted by atomic mass is 10.1. The number of fused-ring (bicyclic) bond motifs is 1. The molecule has 1 aromatic heterocycles. The first-order chi connectivity index (χ1) is 15.8. The maximum atomic E-state index is 15.0. The summed E-state index contributed by atoms with van der Waals surface area (Å²) < 4.78 is 23.3. The summed E-state index contributed by atoms with van der Waals surface area (Å²) >= 11 is 12.8. The topological polar surface area (TPSA) is 50.5 Å². The maximum absolute atomic E-state index is 15.0. The minimum absolute atomic E-state index is 0.0714. The van der Waals surface area contributed by atoms with Gasteiger partial charge in [0.25, 0.3) is 0 Å². The Bertz CT molecular complexity index is 1200. The van der Waals surface area contributed by atoms with E-state index in [2.05, 4.69) is 9.88 Å². The Balaban J connectivity index is 1.54. The van der Waals surface area contributed by atoms with Crippen molar-refractivity contribution in [2.24, 2.45) is 0 Å². The minimum atomic E-state index is -0.457. The van der Waals surface area contributed by atoms with Crippen LogP contribution < -0.4 is 4.74 Å². The van der Waals surface area contributed by atoms with Gasteiger partial charge in [-0.05, 0) is 49.6 Å². The molecule has 1 fully saturated rings. The van der Waals surface area contributed by atoms with E-state index in [0.29, 0.717) is 29.4 Å². The minimum Gasteiger partial charge on any atom is -0.481 e. The molecule has 5 rings (SSSR count). The number of imidazole rings is 1. The lowest BCUT2D eigenvalue weighted by Crippen LogP contribution is -2.39. The molecule has 0 unspecified atom stereocenters. The van der Waals surface area contributed by atoms with Crippen molar-refractivity contribution in [3.63, 3.8) is 0 Å². The van der Waals surface area contributed by atoms with Gasteiger partial charge in [-0.3, -0.25) is 4.90 Å². The van der Waals surface area contributed by atoms with E-state index in [1.54, 1.807) is 18.2 Å². The van der Waals surface area contributed by atoms with Crippen LogP contribution in [0, 0.1) is 12.7 Å². The predicted octanol–water partition coefficient (Wildman–Crippen LogP) is 5.30. The number of aliphatic hydroxyl groups excluding tert-OH is 1. The second-order valence-electron chi connectivity index (χ2n) is 8.84. The lowest BCUT2D eigenvalue weighted by molar-refractivity contribution is 0.0790. The summed E-state index contributed by atoms with van der Waals surface area (Å²) in [5.41, 5.74) is 3.53. The number of likely N-dealkylation sites (tertiary alicyclic amines) is 1. The first kappa shape index (κ1) is 22.7. The van der Waals surface area contributed by atoms with E-state index in [-0.39, 0.29) is 17.9 Å². The molecule has 1 aliphatic carbocycles. The van der Waals surface area contributed by atoms with Crippen LogP contribution in [0.25, 0.3) is 5.69 Å². The molecule has 2 aromatic carbocycles.